The number of rotatable bonds is 5. The smallest absolute Gasteiger partial charge is 0.137 e. The van der Waals surface area contributed by atoms with E-state index in [-0.39, 0.29) is 0 Å². The van der Waals surface area contributed by atoms with Gasteiger partial charge in [0.1, 0.15) is 12.2 Å². The average molecular weight is 269 g/mol. The van der Waals surface area contributed by atoms with Crippen molar-refractivity contribution in [1.29, 1.82) is 0 Å². The van der Waals surface area contributed by atoms with Crippen LogP contribution >= 0.6 is 11.3 Å². The first-order valence-electron chi connectivity index (χ1n) is 6.40. The molecule has 0 radical (unpaired) electrons. The van der Waals surface area contributed by atoms with E-state index in [0.717, 1.165) is 30.8 Å². The van der Waals surface area contributed by atoms with Crippen molar-refractivity contribution in [2.45, 2.75) is 19.3 Å². The van der Waals surface area contributed by atoms with Crippen LogP contribution in [0.1, 0.15) is 17.1 Å². The zero-order valence-corrected chi connectivity index (χ0v) is 11.4. The first-order chi connectivity index (χ1) is 9.43. The quantitative estimate of drug-likeness (QED) is 0.709. The number of nitrogens with zero attached hydrogens (tertiary/aromatic N) is 3. The van der Waals surface area contributed by atoms with Crippen molar-refractivity contribution < 1.29 is 0 Å². The van der Waals surface area contributed by atoms with E-state index in [1.54, 1.807) is 6.33 Å². The minimum Gasteiger partial charge on any atom is -0.286 e. The monoisotopic (exact) mass is 269 g/mol. The van der Waals surface area contributed by atoms with Crippen LogP contribution in [-0.4, -0.2) is 14.8 Å². The third-order valence-corrected chi connectivity index (χ3v) is 3.99. The van der Waals surface area contributed by atoms with Crippen molar-refractivity contribution >= 4 is 11.3 Å². The predicted octanol–water partition coefficient (Wildman–Crippen LogP) is 3.50. The fourth-order valence-corrected chi connectivity index (χ4v) is 2.86. The van der Waals surface area contributed by atoms with Crippen LogP contribution in [0.5, 0.6) is 0 Å². The molecule has 2 aromatic heterocycles. The third-order valence-electron chi connectivity index (χ3n) is 3.06. The first kappa shape index (κ1) is 12.1. The summed E-state index contributed by atoms with van der Waals surface area (Å²) in [6.07, 6.45) is 4.95. The zero-order chi connectivity index (χ0) is 12.9. The molecule has 0 saturated carbocycles. The molecule has 0 aliphatic rings. The predicted molar refractivity (Wildman–Crippen MR) is 77.7 cm³/mol. The number of para-hydroxylation sites is 1. The summed E-state index contributed by atoms with van der Waals surface area (Å²) in [5, 5.41) is 10.4. The Labute approximate surface area is 116 Å². The number of aromatic nitrogens is 3. The van der Waals surface area contributed by atoms with E-state index in [9.17, 15) is 0 Å². The first-order valence-corrected chi connectivity index (χ1v) is 7.28. The molecule has 0 atom stereocenters. The van der Waals surface area contributed by atoms with E-state index in [4.69, 9.17) is 0 Å². The summed E-state index contributed by atoms with van der Waals surface area (Å²) in [6, 6.07) is 14.5. The van der Waals surface area contributed by atoms with Crippen LogP contribution in [0.15, 0.2) is 54.2 Å². The van der Waals surface area contributed by atoms with Gasteiger partial charge in [0.15, 0.2) is 0 Å². The lowest BCUT2D eigenvalue weighted by molar-refractivity contribution is 0.756. The fraction of sp³-hybridized carbons (Fsp3) is 0.200. The minimum absolute atomic E-state index is 0.951. The van der Waals surface area contributed by atoms with Crippen molar-refractivity contribution in [2.75, 3.05) is 0 Å². The third kappa shape index (κ3) is 2.90. The molecule has 3 aromatic rings. The van der Waals surface area contributed by atoms with E-state index in [0.29, 0.717) is 0 Å². The van der Waals surface area contributed by atoms with Crippen molar-refractivity contribution in [3.8, 4) is 5.69 Å². The molecule has 0 spiro atoms. The van der Waals surface area contributed by atoms with Gasteiger partial charge in [0, 0.05) is 17.0 Å². The molecule has 19 heavy (non-hydrogen) atoms. The summed E-state index contributed by atoms with van der Waals surface area (Å²) in [6.45, 7) is 0. The maximum absolute atomic E-state index is 4.23. The maximum Gasteiger partial charge on any atom is 0.137 e. The molecule has 3 nitrogen and oxygen atoms in total. The number of benzene rings is 1. The molecule has 2 heterocycles. The van der Waals surface area contributed by atoms with Gasteiger partial charge in [-0.15, -0.1) is 21.5 Å². The lowest BCUT2D eigenvalue weighted by Crippen LogP contribution is -2.01. The minimum atomic E-state index is 0.951. The summed E-state index contributed by atoms with van der Waals surface area (Å²) < 4.78 is 2.06. The maximum atomic E-state index is 4.23. The van der Waals surface area contributed by atoms with Crippen LogP contribution < -0.4 is 0 Å². The highest BCUT2D eigenvalue weighted by atomic mass is 32.1. The summed E-state index contributed by atoms with van der Waals surface area (Å²) in [7, 11) is 0. The molecule has 96 valence electrons. The molecule has 3 rings (SSSR count). The van der Waals surface area contributed by atoms with Gasteiger partial charge in [-0.1, -0.05) is 24.3 Å². The molecule has 4 heteroatoms. The summed E-state index contributed by atoms with van der Waals surface area (Å²) in [5.41, 5.74) is 1.12. The summed E-state index contributed by atoms with van der Waals surface area (Å²) in [5.74, 6) is 1.03. The highest BCUT2D eigenvalue weighted by Gasteiger charge is 2.06. The van der Waals surface area contributed by atoms with Gasteiger partial charge in [-0.25, -0.2) is 0 Å². The molecule has 0 amide bonds. The molecule has 0 unspecified atom stereocenters. The molecular formula is C15H15N3S. The van der Waals surface area contributed by atoms with Crippen molar-refractivity contribution in [1.82, 2.24) is 14.8 Å². The molecule has 0 saturated heterocycles. The van der Waals surface area contributed by atoms with Crippen LogP contribution in [0.4, 0.5) is 0 Å². The van der Waals surface area contributed by atoms with E-state index in [1.165, 1.54) is 4.88 Å². The molecule has 0 aliphatic carbocycles. The largest absolute Gasteiger partial charge is 0.286 e. The van der Waals surface area contributed by atoms with Crippen LogP contribution in [-0.2, 0) is 12.8 Å². The van der Waals surface area contributed by atoms with Gasteiger partial charge in [-0.05, 0) is 36.4 Å². The van der Waals surface area contributed by atoms with Crippen LogP contribution in [0.25, 0.3) is 5.69 Å². The van der Waals surface area contributed by atoms with Gasteiger partial charge < -0.3 is 0 Å². The van der Waals surface area contributed by atoms with Crippen molar-refractivity contribution in [3.05, 3.63) is 64.9 Å². The normalized spacial score (nSPS) is 10.7. The Balaban J connectivity index is 1.67. The average Bonchev–Trinajstić information content (AvgIpc) is 3.11. The Morgan fingerprint density at radius 1 is 1.00 bits per heavy atom. The van der Waals surface area contributed by atoms with Crippen molar-refractivity contribution in [3.63, 3.8) is 0 Å². The van der Waals surface area contributed by atoms with E-state index in [2.05, 4.69) is 44.4 Å². The topological polar surface area (TPSA) is 30.7 Å². The Kier molecular flexibility index (Phi) is 3.70. The van der Waals surface area contributed by atoms with Crippen LogP contribution in [0.2, 0.25) is 0 Å². The van der Waals surface area contributed by atoms with Gasteiger partial charge in [0.25, 0.3) is 0 Å². The van der Waals surface area contributed by atoms with Crippen LogP contribution in [0, 0.1) is 0 Å². The van der Waals surface area contributed by atoms with Crippen molar-refractivity contribution in [2.24, 2.45) is 0 Å². The Morgan fingerprint density at radius 2 is 1.89 bits per heavy atom. The van der Waals surface area contributed by atoms with Gasteiger partial charge >= 0.3 is 0 Å². The SMILES string of the molecule is c1ccc(-n2cnnc2CCCc2cccs2)cc1. The molecular weight excluding hydrogens is 254 g/mol. The Morgan fingerprint density at radius 3 is 2.68 bits per heavy atom. The van der Waals surface area contributed by atoms with E-state index < -0.39 is 0 Å². The summed E-state index contributed by atoms with van der Waals surface area (Å²) in [4.78, 5) is 1.44. The lowest BCUT2D eigenvalue weighted by Gasteiger charge is -2.05. The Bertz CT molecular complexity index is 614. The highest BCUT2D eigenvalue weighted by molar-refractivity contribution is 7.09. The number of aryl methyl sites for hydroxylation is 2. The number of thiophene rings is 1. The van der Waals surface area contributed by atoms with Gasteiger partial charge in [0.2, 0.25) is 0 Å². The number of hydrogen-bond donors (Lipinski definition) is 0. The second-order valence-electron chi connectivity index (χ2n) is 4.39. The van der Waals surface area contributed by atoms with Crippen LogP contribution in [0.3, 0.4) is 0 Å². The molecule has 1 aromatic carbocycles. The standard InChI is InChI=1S/C15H15N3S/c1-2-6-13(7-3-1)18-12-16-17-15(18)10-4-8-14-9-5-11-19-14/h1-3,5-7,9,11-12H,4,8,10H2. The van der Waals surface area contributed by atoms with E-state index in [1.807, 2.05) is 29.5 Å². The van der Waals surface area contributed by atoms with Gasteiger partial charge in [-0.3, -0.25) is 4.57 Å². The molecule has 0 bridgehead atoms. The molecule has 0 fully saturated rings. The Hall–Kier alpha value is -1.94. The fourth-order valence-electron chi connectivity index (χ4n) is 2.11. The van der Waals surface area contributed by atoms with E-state index >= 15 is 0 Å². The summed E-state index contributed by atoms with van der Waals surface area (Å²) >= 11 is 1.82. The molecule has 0 N–H and O–H groups in total. The second-order valence-corrected chi connectivity index (χ2v) is 5.42. The molecule has 0 aliphatic heterocycles. The lowest BCUT2D eigenvalue weighted by atomic mass is 10.2. The zero-order valence-electron chi connectivity index (χ0n) is 10.6. The van der Waals surface area contributed by atoms with Gasteiger partial charge in [-0.2, -0.15) is 0 Å². The highest BCUT2D eigenvalue weighted by Crippen LogP contribution is 2.14. The second kappa shape index (κ2) is 5.80. The number of hydrogen-bond acceptors (Lipinski definition) is 3. The van der Waals surface area contributed by atoms with Gasteiger partial charge in [0.05, 0.1) is 0 Å².